The molecule has 0 radical (unpaired) electrons. The van der Waals surface area contributed by atoms with Crippen molar-refractivity contribution >= 4 is 0 Å². The zero-order valence-corrected chi connectivity index (χ0v) is 8.93. The Balaban J connectivity index is 3.61. The van der Waals surface area contributed by atoms with Gasteiger partial charge in [-0.25, -0.2) is 8.78 Å². The Bertz CT molecular complexity index is 476. The van der Waals surface area contributed by atoms with Gasteiger partial charge >= 0.3 is 6.18 Å². The molecular weight excluding hydrogens is 257 g/mol. The molecule has 0 bridgehead atoms. The summed E-state index contributed by atoms with van der Waals surface area (Å²) in [5.74, 6) is 0. The molecule has 0 aliphatic carbocycles. The van der Waals surface area contributed by atoms with E-state index >= 15 is 0 Å². The van der Waals surface area contributed by atoms with E-state index in [4.69, 9.17) is 11.0 Å². The molecule has 2 N–H and O–H groups in total. The van der Waals surface area contributed by atoms with Crippen LogP contribution in [0.15, 0.2) is 6.20 Å². The van der Waals surface area contributed by atoms with E-state index in [1.807, 2.05) is 0 Å². The van der Waals surface area contributed by atoms with E-state index in [9.17, 15) is 22.0 Å². The van der Waals surface area contributed by atoms with E-state index in [-0.39, 0.29) is 12.2 Å². The maximum atomic E-state index is 12.8. The van der Waals surface area contributed by atoms with E-state index in [1.165, 1.54) is 6.07 Å². The Morgan fingerprint density at radius 1 is 1.39 bits per heavy atom. The molecule has 98 valence electrons. The number of hydrogen-bond donors (Lipinski definition) is 1. The third kappa shape index (κ3) is 2.73. The van der Waals surface area contributed by atoms with E-state index in [2.05, 4.69) is 4.98 Å². The number of nitrogens with zero attached hydrogens (tertiary/aromatic N) is 2. The van der Waals surface area contributed by atoms with Crippen LogP contribution in [0, 0.1) is 11.3 Å². The molecule has 0 unspecified atom stereocenters. The molecule has 0 aromatic carbocycles. The highest BCUT2D eigenvalue weighted by Gasteiger charge is 2.39. The van der Waals surface area contributed by atoms with Crippen LogP contribution in [0.25, 0.3) is 0 Å². The van der Waals surface area contributed by atoms with E-state index < -0.39 is 35.7 Å². The molecule has 0 fully saturated rings. The number of nitriles is 1. The summed E-state index contributed by atoms with van der Waals surface area (Å²) in [7, 11) is 0. The van der Waals surface area contributed by atoms with Crippen LogP contribution in [0.5, 0.6) is 0 Å². The zero-order chi connectivity index (χ0) is 13.9. The summed E-state index contributed by atoms with van der Waals surface area (Å²) in [5, 5.41) is 8.49. The van der Waals surface area contributed by atoms with Gasteiger partial charge in [-0.2, -0.15) is 18.4 Å². The fraction of sp³-hybridized carbons (Fsp3) is 0.400. The van der Waals surface area contributed by atoms with Crippen LogP contribution in [-0.2, 0) is 19.1 Å². The van der Waals surface area contributed by atoms with E-state index in [0.717, 1.165) is 0 Å². The highest BCUT2D eigenvalue weighted by atomic mass is 19.4. The van der Waals surface area contributed by atoms with E-state index in [0.29, 0.717) is 6.20 Å². The van der Waals surface area contributed by atoms with Crippen LogP contribution >= 0.6 is 0 Å². The van der Waals surface area contributed by atoms with Crippen LogP contribution < -0.4 is 5.73 Å². The average molecular weight is 265 g/mol. The molecule has 1 heterocycles. The van der Waals surface area contributed by atoms with Gasteiger partial charge in [0.05, 0.1) is 23.7 Å². The van der Waals surface area contributed by atoms with Gasteiger partial charge in [0, 0.05) is 23.9 Å². The lowest BCUT2D eigenvalue weighted by Gasteiger charge is -2.17. The minimum absolute atomic E-state index is 0.201. The topological polar surface area (TPSA) is 62.7 Å². The van der Waals surface area contributed by atoms with Gasteiger partial charge in [0.25, 0.3) is 6.43 Å². The van der Waals surface area contributed by atoms with Crippen LogP contribution in [0.1, 0.15) is 28.8 Å². The van der Waals surface area contributed by atoms with Crippen molar-refractivity contribution in [3.8, 4) is 6.07 Å². The predicted molar refractivity (Wildman–Crippen MR) is 51.4 cm³/mol. The lowest BCUT2D eigenvalue weighted by molar-refractivity contribution is -0.140. The normalized spacial score (nSPS) is 11.7. The van der Waals surface area contributed by atoms with E-state index in [1.54, 1.807) is 0 Å². The number of hydrogen-bond acceptors (Lipinski definition) is 3. The minimum Gasteiger partial charge on any atom is -0.325 e. The Hall–Kier alpha value is -1.75. The van der Waals surface area contributed by atoms with Gasteiger partial charge < -0.3 is 5.73 Å². The number of pyridine rings is 1. The van der Waals surface area contributed by atoms with Crippen LogP contribution in [0.4, 0.5) is 22.0 Å². The lowest BCUT2D eigenvalue weighted by Crippen LogP contribution is -2.18. The van der Waals surface area contributed by atoms with Gasteiger partial charge in [0.2, 0.25) is 0 Å². The smallest absolute Gasteiger partial charge is 0.325 e. The van der Waals surface area contributed by atoms with Crippen molar-refractivity contribution in [3.05, 3.63) is 28.6 Å². The predicted octanol–water partition coefficient (Wildman–Crippen LogP) is 2.56. The maximum Gasteiger partial charge on any atom is 0.417 e. The summed E-state index contributed by atoms with van der Waals surface area (Å²) >= 11 is 0. The van der Waals surface area contributed by atoms with Crippen molar-refractivity contribution in [1.29, 1.82) is 5.26 Å². The Morgan fingerprint density at radius 3 is 2.39 bits per heavy atom. The first-order chi connectivity index (χ1) is 8.32. The molecule has 0 spiro atoms. The molecule has 1 aromatic rings. The number of aromatic nitrogens is 1. The fourth-order valence-corrected chi connectivity index (χ4v) is 1.55. The second kappa shape index (κ2) is 5.27. The summed E-state index contributed by atoms with van der Waals surface area (Å²) < 4.78 is 63.5. The molecule has 0 saturated heterocycles. The molecule has 0 aliphatic heterocycles. The minimum atomic E-state index is -4.98. The number of nitrogens with two attached hydrogens (primary N) is 1. The van der Waals surface area contributed by atoms with Crippen molar-refractivity contribution in [2.24, 2.45) is 5.73 Å². The van der Waals surface area contributed by atoms with Crippen LogP contribution in [-0.4, -0.2) is 4.98 Å². The van der Waals surface area contributed by atoms with Crippen molar-refractivity contribution < 1.29 is 22.0 Å². The first kappa shape index (κ1) is 14.3. The number of halogens is 5. The first-order valence-corrected chi connectivity index (χ1v) is 4.76. The Kier molecular flexibility index (Phi) is 4.19. The zero-order valence-electron chi connectivity index (χ0n) is 8.93. The average Bonchev–Trinajstić information content (AvgIpc) is 2.27. The molecule has 8 heteroatoms. The van der Waals surface area contributed by atoms with Gasteiger partial charge in [-0.1, -0.05) is 0 Å². The van der Waals surface area contributed by atoms with Crippen molar-refractivity contribution in [2.75, 3.05) is 0 Å². The number of alkyl halides is 5. The second-order valence-electron chi connectivity index (χ2n) is 3.35. The third-order valence-electron chi connectivity index (χ3n) is 2.27. The molecular formula is C10H8F5N3. The number of rotatable bonds is 3. The molecule has 0 saturated carbocycles. The van der Waals surface area contributed by atoms with Gasteiger partial charge in [-0.05, 0) is 0 Å². The Morgan fingerprint density at radius 2 is 2.00 bits per heavy atom. The van der Waals surface area contributed by atoms with Crippen LogP contribution in [0.3, 0.4) is 0 Å². The summed E-state index contributed by atoms with van der Waals surface area (Å²) in [6, 6.07) is 1.50. The van der Waals surface area contributed by atoms with Crippen molar-refractivity contribution in [1.82, 2.24) is 4.98 Å². The first-order valence-electron chi connectivity index (χ1n) is 4.76. The molecule has 3 nitrogen and oxygen atoms in total. The maximum absolute atomic E-state index is 12.8. The quantitative estimate of drug-likeness (QED) is 0.854. The third-order valence-corrected chi connectivity index (χ3v) is 2.27. The summed E-state index contributed by atoms with van der Waals surface area (Å²) in [5.41, 5.74) is 1.68. The summed E-state index contributed by atoms with van der Waals surface area (Å²) in [4.78, 5) is 3.46. The lowest BCUT2D eigenvalue weighted by atomic mass is 9.98. The molecule has 0 aliphatic rings. The molecule has 18 heavy (non-hydrogen) atoms. The second-order valence-corrected chi connectivity index (χ2v) is 3.35. The molecule has 0 atom stereocenters. The highest BCUT2D eigenvalue weighted by molar-refractivity contribution is 5.41. The monoisotopic (exact) mass is 265 g/mol. The summed E-state index contributed by atoms with van der Waals surface area (Å²) in [6.07, 6.45) is -8.52. The summed E-state index contributed by atoms with van der Waals surface area (Å²) in [6.45, 7) is -0.358. The Labute approximate surface area is 99.0 Å². The van der Waals surface area contributed by atoms with Crippen molar-refractivity contribution in [3.63, 3.8) is 0 Å². The van der Waals surface area contributed by atoms with Crippen LogP contribution in [0.2, 0.25) is 0 Å². The largest absolute Gasteiger partial charge is 0.417 e. The van der Waals surface area contributed by atoms with Gasteiger partial charge in [-0.15, -0.1) is 0 Å². The fourth-order valence-electron chi connectivity index (χ4n) is 1.55. The molecule has 1 rings (SSSR count). The molecule has 0 amide bonds. The van der Waals surface area contributed by atoms with Gasteiger partial charge in [-0.3, -0.25) is 4.98 Å². The standard InChI is InChI=1S/C10H8F5N3/c11-9(12)6-4-18-7(3-17)5(1-2-16)8(6)10(13,14)15/h4,9H,1,3,17H2. The SMILES string of the molecule is N#CCc1c(CN)ncc(C(F)F)c1C(F)(F)F. The van der Waals surface area contributed by atoms with Gasteiger partial charge in [0.15, 0.2) is 0 Å². The van der Waals surface area contributed by atoms with Crippen molar-refractivity contribution in [2.45, 2.75) is 25.6 Å². The molecule has 1 aromatic heterocycles. The van der Waals surface area contributed by atoms with Gasteiger partial charge in [0.1, 0.15) is 0 Å². The highest BCUT2D eigenvalue weighted by Crippen LogP contribution is 2.39.